The molecule has 0 amide bonds. The van der Waals surface area contributed by atoms with E-state index in [0.717, 1.165) is 45.0 Å². The molecular weight excluding hydrogens is 400 g/mol. The standard InChI is InChI=1S/C26H26N4O2/c1-3-21(15-25(4-1)32-26-28-8-2-9-29-26)17-30-11-12-31-19-22(18-30)13-20-5-6-23-7-10-27-16-24(23)14-20/h1-10,14-16,22H,11-13,17-19H2/t22-/m1/s1. The van der Waals surface area contributed by atoms with Crippen LogP contribution in [0.15, 0.2) is 79.4 Å². The number of benzene rings is 2. The van der Waals surface area contributed by atoms with Gasteiger partial charge in [0.25, 0.3) is 0 Å². The highest BCUT2D eigenvalue weighted by Gasteiger charge is 2.19. The zero-order valence-corrected chi connectivity index (χ0v) is 17.9. The Kier molecular flexibility index (Phi) is 6.32. The van der Waals surface area contributed by atoms with Gasteiger partial charge in [0.15, 0.2) is 0 Å². The van der Waals surface area contributed by atoms with Crippen molar-refractivity contribution in [3.63, 3.8) is 0 Å². The summed E-state index contributed by atoms with van der Waals surface area (Å²) < 4.78 is 11.7. The molecule has 0 N–H and O–H groups in total. The van der Waals surface area contributed by atoms with E-state index in [1.165, 1.54) is 21.9 Å². The van der Waals surface area contributed by atoms with E-state index in [9.17, 15) is 0 Å². The van der Waals surface area contributed by atoms with Crippen LogP contribution in [0, 0.1) is 5.92 Å². The number of ether oxygens (including phenoxy) is 2. The summed E-state index contributed by atoms with van der Waals surface area (Å²) in [7, 11) is 0. The second kappa shape index (κ2) is 9.85. The number of aromatic nitrogens is 3. The summed E-state index contributed by atoms with van der Waals surface area (Å²) in [4.78, 5) is 15.0. The zero-order chi connectivity index (χ0) is 21.6. The van der Waals surface area contributed by atoms with Crippen LogP contribution in [0.3, 0.4) is 0 Å². The Bertz CT molecular complexity index is 1170. The number of nitrogens with zero attached hydrogens (tertiary/aromatic N) is 4. The first-order valence-electron chi connectivity index (χ1n) is 11.0. The van der Waals surface area contributed by atoms with E-state index < -0.39 is 0 Å². The highest BCUT2D eigenvalue weighted by atomic mass is 16.5. The van der Waals surface area contributed by atoms with Gasteiger partial charge in [0.2, 0.25) is 0 Å². The second-order valence-electron chi connectivity index (χ2n) is 8.22. The summed E-state index contributed by atoms with van der Waals surface area (Å²) in [5.41, 5.74) is 2.54. The lowest BCUT2D eigenvalue weighted by Crippen LogP contribution is -2.30. The first-order valence-corrected chi connectivity index (χ1v) is 11.0. The van der Waals surface area contributed by atoms with Crippen LogP contribution < -0.4 is 4.74 Å². The lowest BCUT2D eigenvalue weighted by molar-refractivity contribution is 0.121. The third-order valence-corrected chi connectivity index (χ3v) is 5.71. The van der Waals surface area contributed by atoms with E-state index in [0.29, 0.717) is 11.9 Å². The van der Waals surface area contributed by atoms with Crippen LogP contribution in [-0.2, 0) is 17.7 Å². The Hall–Kier alpha value is -3.35. The van der Waals surface area contributed by atoms with E-state index in [2.05, 4.69) is 56.3 Å². The summed E-state index contributed by atoms with van der Waals surface area (Å²) in [5, 5.41) is 2.42. The van der Waals surface area contributed by atoms with Gasteiger partial charge in [-0.15, -0.1) is 0 Å². The molecule has 0 spiro atoms. The number of pyridine rings is 1. The van der Waals surface area contributed by atoms with Crippen LogP contribution in [0.25, 0.3) is 10.8 Å². The monoisotopic (exact) mass is 426 g/mol. The fourth-order valence-electron chi connectivity index (χ4n) is 4.22. The van der Waals surface area contributed by atoms with Crippen LogP contribution in [0.2, 0.25) is 0 Å². The predicted octanol–water partition coefficient (Wildman–Crippen LogP) is 4.51. The molecule has 1 saturated heterocycles. The molecule has 4 aromatic rings. The fraction of sp³-hybridized carbons (Fsp3) is 0.269. The number of fused-ring (bicyclic) bond motifs is 1. The molecule has 6 nitrogen and oxygen atoms in total. The average molecular weight is 427 g/mol. The number of hydrogen-bond donors (Lipinski definition) is 0. The van der Waals surface area contributed by atoms with Crippen molar-refractivity contribution < 1.29 is 9.47 Å². The third-order valence-electron chi connectivity index (χ3n) is 5.71. The van der Waals surface area contributed by atoms with Gasteiger partial charge in [0, 0.05) is 49.8 Å². The van der Waals surface area contributed by atoms with Crippen LogP contribution in [-0.4, -0.2) is 46.2 Å². The van der Waals surface area contributed by atoms with Gasteiger partial charge in [0.05, 0.1) is 13.2 Å². The van der Waals surface area contributed by atoms with Crippen molar-refractivity contribution in [1.82, 2.24) is 19.9 Å². The maximum atomic E-state index is 5.94. The van der Waals surface area contributed by atoms with E-state index in [1.807, 2.05) is 24.5 Å². The van der Waals surface area contributed by atoms with Crippen LogP contribution in [0.4, 0.5) is 0 Å². The largest absolute Gasteiger partial charge is 0.424 e. The van der Waals surface area contributed by atoms with Gasteiger partial charge >= 0.3 is 6.01 Å². The van der Waals surface area contributed by atoms with Crippen molar-refractivity contribution in [2.24, 2.45) is 5.92 Å². The first kappa shape index (κ1) is 20.5. The molecule has 162 valence electrons. The van der Waals surface area contributed by atoms with E-state index in [-0.39, 0.29) is 0 Å². The van der Waals surface area contributed by atoms with Crippen molar-refractivity contribution in [2.75, 3.05) is 26.3 Å². The molecule has 3 heterocycles. The van der Waals surface area contributed by atoms with Crippen molar-refractivity contribution in [1.29, 1.82) is 0 Å². The Labute approximate surface area is 187 Å². The molecule has 5 rings (SSSR count). The molecule has 0 aliphatic carbocycles. The average Bonchev–Trinajstić information content (AvgIpc) is 3.04. The highest BCUT2D eigenvalue weighted by Crippen LogP contribution is 2.22. The fourth-order valence-corrected chi connectivity index (χ4v) is 4.22. The van der Waals surface area contributed by atoms with Crippen LogP contribution >= 0.6 is 0 Å². The first-order chi connectivity index (χ1) is 15.8. The molecule has 0 radical (unpaired) electrons. The lowest BCUT2D eigenvalue weighted by Gasteiger charge is -2.23. The third kappa shape index (κ3) is 5.28. The molecule has 0 saturated carbocycles. The molecule has 1 aliphatic rings. The van der Waals surface area contributed by atoms with Gasteiger partial charge in [-0.1, -0.05) is 24.3 Å². The van der Waals surface area contributed by atoms with Crippen LogP contribution in [0.5, 0.6) is 11.8 Å². The van der Waals surface area contributed by atoms with Gasteiger partial charge in [0.1, 0.15) is 5.75 Å². The molecule has 32 heavy (non-hydrogen) atoms. The normalized spacial score (nSPS) is 17.2. The topological polar surface area (TPSA) is 60.4 Å². The molecule has 1 atom stereocenters. The predicted molar refractivity (Wildman–Crippen MR) is 124 cm³/mol. The van der Waals surface area contributed by atoms with Gasteiger partial charge in [-0.25, -0.2) is 9.97 Å². The van der Waals surface area contributed by atoms with Gasteiger partial charge < -0.3 is 9.47 Å². The molecule has 1 fully saturated rings. The quantitative estimate of drug-likeness (QED) is 0.452. The molecule has 0 unspecified atom stereocenters. The number of hydrogen-bond acceptors (Lipinski definition) is 6. The molecular formula is C26H26N4O2. The maximum Gasteiger partial charge on any atom is 0.321 e. The zero-order valence-electron chi connectivity index (χ0n) is 17.9. The SMILES string of the molecule is c1cnc(Oc2cccc(CN3CCOC[C@H](Cc4ccc5ccncc5c4)C3)c2)nc1. The van der Waals surface area contributed by atoms with E-state index in [1.54, 1.807) is 18.5 Å². The molecule has 2 aromatic heterocycles. The number of rotatable bonds is 6. The summed E-state index contributed by atoms with van der Waals surface area (Å²) in [6, 6.07) is 19.0. The Morgan fingerprint density at radius 2 is 1.88 bits per heavy atom. The molecule has 1 aliphatic heterocycles. The minimum Gasteiger partial charge on any atom is -0.424 e. The minimum absolute atomic E-state index is 0.360. The van der Waals surface area contributed by atoms with Crippen molar-refractivity contribution in [3.8, 4) is 11.8 Å². The minimum atomic E-state index is 0.360. The van der Waals surface area contributed by atoms with Crippen molar-refractivity contribution in [2.45, 2.75) is 13.0 Å². The van der Waals surface area contributed by atoms with E-state index in [4.69, 9.17) is 9.47 Å². The Morgan fingerprint density at radius 3 is 2.81 bits per heavy atom. The van der Waals surface area contributed by atoms with Gasteiger partial charge in [-0.2, -0.15) is 0 Å². The molecule has 6 heteroatoms. The van der Waals surface area contributed by atoms with Crippen LogP contribution in [0.1, 0.15) is 11.1 Å². The summed E-state index contributed by atoms with van der Waals surface area (Å²) in [6.45, 7) is 4.32. The summed E-state index contributed by atoms with van der Waals surface area (Å²) >= 11 is 0. The maximum absolute atomic E-state index is 5.94. The van der Waals surface area contributed by atoms with E-state index >= 15 is 0 Å². The van der Waals surface area contributed by atoms with Gasteiger partial charge in [-0.05, 0) is 59.2 Å². The summed E-state index contributed by atoms with van der Waals surface area (Å²) in [6.07, 6.45) is 8.12. The Morgan fingerprint density at radius 1 is 0.938 bits per heavy atom. The molecule has 2 aromatic carbocycles. The lowest BCUT2D eigenvalue weighted by atomic mass is 9.97. The van der Waals surface area contributed by atoms with Crippen molar-refractivity contribution in [3.05, 3.63) is 90.5 Å². The Balaban J connectivity index is 1.24. The highest BCUT2D eigenvalue weighted by molar-refractivity contribution is 5.82. The second-order valence-corrected chi connectivity index (χ2v) is 8.22. The van der Waals surface area contributed by atoms with Crippen molar-refractivity contribution >= 4 is 10.8 Å². The summed E-state index contributed by atoms with van der Waals surface area (Å²) in [5.74, 6) is 1.20. The van der Waals surface area contributed by atoms with Gasteiger partial charge in [-0.3, -0.25) is 9.88 Å². The molecule has 0 bridgehead atoms. The smallest absolute Gasteiger partial charge is 0.321 e.